The number of carbonyl (C=O) groups is 2. The number of hydrogen-bond acceptors (Lipinski definition) is 5. The molecule has 0 radical (unpaired) electrons. The Hall–Kier alpha value is -3.23. The zero-order valence-corrected chi connectivity index (χ0v) is 15.9. The van der Waals surface area contributed by atoms with Gasteiger partial charge in [0.05, 0.1) is 17.6 Å². The first-order chi connectivity index (χ1) is 13.5. The monoisotopic (exact) mass is 381 g/mol. The van der Waals surface area contributed by atoms with E-state index in [9.17, 15) is 9.59 Å². The number of H-pyrrole nitrogens is 1. The number of para-hydroxylation sites is 2. The summed E-state index contributed by atoms with van der Waals surface area (Å²) in [6.07, 6.45) is 1.40. The molecule has 0 fully saturated rings. The average molecular weight is 381 g/mol. The second-order valence-electron chi connectivity index (χ2n) is 7.48. The van der Waals surface area contributed by atoms with Crippen LogP contribution in [-0.4, -0.2) is 49.4 Å². The summed E-state index contributed by atoms with van der Waals surface area (Å²) in [6, 6.07) is 7.77. The number of nitrogens with one attached hydrogen (secondary N) is 3. The van der Waals surface area contributed by atoms with Gasteiger partial charge in [-0.15, -0.1) is 5.10 Å². The van der Waals surface area contributed by atoms with Gasteiger partial charge >= 0.3 is 0 Å². The topological polar surface area (TPSA) is 118 Å². The fourth-order valence-corrected chi connectivity index (χ4v) is 3.53. The number of aromatic nitrogens is 5. The number of amides is 2. The zero-order chi connectivity index (χ0) is 19.7. The van der Waals surface area contributed by atoms with Gasteiger partial charge in [0.1, 0.15) is 5.82 Å². The Morgan fingerprint density at radius 2 is 2.18 bits per heavy atom. The summed E-state index contributed by atoms with van der Waals surface area (Å²) in [5.74, 6) is 0.538. The third-order valence-corrected chi connectivity index (χ3v) is 4.74. The standard InChI is InChI=1S/C19H23N7O2/c1-11(2)9-12-10-26-17(19(28)21-12)16(24-25-26)18(27)20-8-7-15-22-13-5-3-4-6-14(13)23-15/h3-6,11-12H,7-10H2,1-2H3,(H,20,27)(H,21,28)(H,22,23)/t12-/m0/s1. The van der Waals surface area contributed by atoms with Crippen LogP contribution in [0.15, 0.2) is 24.3 Å². The van der Waals surface area contributed by atoms with Crippen LogP contribution in [0.4, 0.5) is 0 Å². The van der Waals surface area contributed by atoms with Crippen LogP contribution in [0.2, 0.25) is 0 Å². The maximum absolute atomic E-state index is 12.5. The van der Waals surface area contributed by atoms with Crippen LogP contribution >= 0.6 is 0 Å². The Bertz CT molecular complexity index is 987. The van der Waals surface area contributed by atoms with E-state index in [-0.39, 0.29) is 23.3 Å². The first-order valence-corrected chi connectivity index (χ1v) is 9.47. The molecule has 0 spiro atoms. The highest BCUT2D eigenvalue weighted by molar-refractivity contribution is 6.05. The molecular formula is C19H23N7O2. The molecule has 0 bridgehead atoms. The molecule has 1 aromatic carbocycles. The van der Waals surface area contributed by atoms with Gasteiger partial charge in [0.25, 0.3) is 11.8 Å². The quantitative estimate of drug-likeness (QED) is 0.595. The molecule has 1 aliphatic heterocycles. The van der Waals surface area contributed by atoms with Gasteiger partial charge in [-0.2, -0.15) is 0 Å². The zero-order valence-electron chi connectivity index (χ0n) is 15.9. The Morgan fingerprint density at radius 1 is 1.36 bits per heavy atom. The van der Waals surface area contributed by atoms with E-state index in [1.165, 1.54) is 4.68 Å². The third kappa shape index (κ3) is 3.60. The molecule has 0 saturated carbocycles. The Morgan fingerprint density at radius 3 is 2.96 bits per heavy atom. The third-order valence-electron chi connectivity index (χ3n) is 4.74. The molecule has 1 aliphatic rings. The Kier molecular flexibility index (Phi) is 4.81. The number of imidazole rings is 1. The molecule has 0 saturated heterocycles. The number of rotatable bonds is 6. The molecular weight excluding hydrogens is 358 g/mol. The van der Waals surface area contributed by atoms with Crippen LogP contribution in [0.5, 0.6) is 0 Å². The van der Waals surface area contributed by atoms with Gasteiger partial charge in [-0.05, 0) is 24.5 Å². The lowest BCUT2D eigenvalue weighted by atomic mass is 10.0. The number of carbonyl (C=O) groups excluding carboxylic acids is 2. The van der Waals surface area contributed by atoms with Gasteiger partial charge in [0.15, 0.2) is 11.4 Å². The van der Waals surface area contributed by atoms with Gasteiger partial charge in [-0.25, -0.2) is 9.67 Å². The van der Waals surface area contributed by atoms with Crippen molar-refractivity contribution in [2.75, 3.05) is 6.54 Å². The van der Waals surface area contributed by atoms with Crippen LogP contribution in [0, 0.1) is 5.92 Å². The molecule has 0 aliphatic carbocycles. The highest BCUT2D eigenvalue weighted by atomic mass is 16.2. The van der Waals surface area contributed by atoms with Crippen LogP contribution in [-0.2, 0) is 13.0 Å². The van der Waals surface area contributed by atoms with Gasteiger partial charge in [0.2, 0.25) is 0 Å². The van der Waals surface area contributed by atoms with Crippen molar-refractivity contribution in [3.05, 3.63) is 41.5 Å². The number of fused-ring (bicyclic) bond motifs is 2. The van der Waals surface area contributed by atoms with Crippen LogP contribution in [0.25, 0.3) is 11.0 Å². The molecule has 9 nitrogen and oxygen atoms in total. The van der Waals surface area contributed by atoms with Crippen molar-refractivity contribution >= 4 is 22.8 Å². The van der Waals surface area contributed by atoms with E-state index in [4.69, 9.17) is 0 Å². The molecule has 28 heavy (non-hydrogen) atoms. The lowest BCUT2D eigenvalue weighted by Gasteiger charge is -2.25. The lowest BCUT2D eigenvalue weighted by Crippen LogP contribution is -2.46. The molecule has 3 heterocycles. The predicted molar refractivity (Wildman–Crippen MR) is 103 cm³/mol. The van der Waals surface area contributed by atoms with Crippen molar-refractivity contribution in [3.8, 4) is 0 Å². The van der Waals surface area contributed by atoms with E-state index in [0.29, 0.717) is 25.4 Å². The molecule has 146 valence electrons. The average Bonchev–Trinajstić information content (AvgIpc) is 3.24. The molecule has 1 atom stereocenters. The summed E-state index contributed by atoms with van der Waals surface area (Å²) >= 11 is 0. The molecule has 3 aromatic rings. The van der Waals surface area contributed by atoms with Crippen LogP contribution in [0.1, 0.15) is 47.1 Å². The maximum Gasteiger partial charge on any atom is 0.274 e. The van der Waals surface area contributed by atoms with E-state index in [1.54, 1.807) is 0 Å². The number of nitrogens with zero attached hydrogens (tertiary/aromatic N) is 4. The van der Waals surface area contributed by atoms with Crippen molar-refractivity contribution in [1.82, 2.24) is 35.6 Å². The van der Waals surface area contributed by atoms with Crippen molar-refractivity contribution in [1.29, 1.82) is 0 Å². The van der Waals surface area contributed by atoms with Gasteiger partial charge in [-0.1, -0.05) is 31.2 Å². The molecule has 4 rings (SSSR count). The summed E-state index contributed by atoms with van der Waals surface area (Å²) in [5.41, 5.74) is 2.14. The summed E-state index contributed by atoms with van der Waals surface area (Å²) in [7, 11) is 0. The minimum absolute atomic E-state index is 0.00527. The van der Waals surface area contributed by atoms with Gasteiger partial charge in [0, 0.05) is 19.0 Å². The van der Waals surface area contributed by atoms with E-state index in [0.717, 1.165) is 23.3 Å². The van der Waals surface area contributed by atoms with E-state index in [1.807, 2.05) is 24.3 Å². The molecule has 9 heteroatoms. The highest BCUT2D eigenvalue weighted by Crippen LogP contribution is 2.16. The van der Waals surface area contributed by atoms with Gasteiger partial charge < -0.3 is 15.6 Å². The number of aromatic amines is 1. The lowest BCUT2D eigenvalue weighted by molar-refractivity contribution is 0.0870. The molecule has 2 amide bonds. The fourth-order valence-electron chi connectivity index (χ4n) is 3.53. The van der Waals surface area contributed by atoms with Crippen molar-refractivity contribution in [3.63, 3.8) is 0 Å². The van der Waals surface area contributed by atoms with Gasteiger partial charge in [-0.3, -0.25) is 9.59 Å². The smallest absolute Gasteiger partial charge is 0.274 e. The number of hydrogen-bond donors (Lipinski definition) is 3. The Labute approximate surface area is 161 Å². The normalized spacial score (nSPS) is 16.2. The van der Waals surface area contributed by atoms with Crippen molar-refractivity contribution in [2.45, 2.75) is 39.3 Å². The maximum atomic E-state index is 12.5. The minimum atomic E-state index is -0.408. The van der Waals surface area contributed by atoms with E-state index >= 15 is 0 Å². The summed E-state index contributed by atoms with van der Waals surface area (Å²) in [5, 5.41) is 13.7. The predicted octanol–water partition coefficient (Wildman–Crippen LogP) is 1.28. The van der Waals surface area contributed by atoms with E-state index < -0.39 is 5.91 Å². The molecule has 2 aromatic heterocycles. The summed E-state index contributed by atoms with van der Waals surface area (Å²) in [4.78, 5) is 32.7. The largest absolute Gasteiger partial charge is 0.350 e. The SMILES string of the molecule is CC(C)C[C@H]1Cn2nnc(C(=O)NCCc3nc4ccccc4[nH]3)c2C(=O)N1. The minimum Gasteiger partial charge on any atom is -0.350 e. The fraction of sp³-hybridized carbons (Fsp3) is 0.421. The number of benzene rings is 1. The second-order valence-corrected chi connectivity index (χ2v) is 7.48. The first kappa shape index (κ1) is 18.1. The first-order valence-electron chi connectivity index (χ1n) is 9.47. The van der Waals surface area contributed by atoms with Crippen LogP contribution in [0.3, 0.4) is 0 Å². The van der Waals surface area contributed by atoms with Crippen LogP contribution < -0.4 is 10.6 Å². The second kappa shape index (κ2) is 7.41. The summed E-state index contributed by atoms with van der Waals surface area (Å²) < 4.78 is 1.53. The summed E-state index contributed by atoms with van der Waals surface area (Å²) in [6.45, 7) is 5.11. The highest BCUT2D eigenvalue weighted by Gasteiger charge is 2.32. The Balaban J connectivity index is 1.39. The van der Waals surface area contributed by atoms with Crippen molar-refractivity contribution in [2.24, 2.45) is 5.92 Å². The molecule has 0 unspecified atom stereocenters. The van der Waals surface area contributed by atoms with Crippen molar-refractivity contribution < 1.29 is 9.59 Å². The molecule has 3 N–H and O–H groups in total. The van der Waals surface area contributed by atoms with E-state index in [2.05, 4.69) is 44.8 Å².